The average Bonchev–Trinajstić information content (AvgIpc) is 2.36. The van der Waals surface area contributed by atoms with Crippen LogP contribution in [0.3, 0.4) is 0 Å². The number of benzene rings is 1. The summed E-state index contributed by atoms with van der Waals surface area (Å²) in [6.07, 6.45) is 0. The molecule has 0 aliphatic heterocycles. The van der Waals surface area contributed by atoms with Crippen LogP contribution in [0.5, 0.6) is 0 Å². The van der Waals surface area contributed by atoms with Crippen LogP contribution in [0.1, 0.15) is 33.3 Å². The number of nitrogens with two attached hydrogens (primary N) is 1. The molecule has 1 aromatic carbocycles. The van der Waals surface area contributed by atoms with Gasteiger partial charge in [-0.25, -0.2) is 4.79 Å². The maximum Gasteiger partial charge on any atom is 0.322 e. The molecule has 0 aromatic heterocycles. The van der Waals surface area contributed by atoms with Gasteiger partial charge in [-0.2, -0.15) is 0 Å². The van der Waals surface area contributed by atoms with E-state index >= 15 is 0 Å². The fourth-order valence-electron chi connectivity index (χ4n) is 1.84. The highest BCUT2D eigenvalue weighted by Gasteiger charge is 2.17. The van der Waals surface area contributed by atoms with Gasteiger partial charge in [0.25, 0.3) is 0 Å². The van der Waals surface area contributed by atoms with Gasteiger partial charge in [0.1, 0.15) is 0 Å². The Morgan fingerprint density at radius 2 is 1.79 bits per heavy atom. The van der Waals surface area contributed by atoms with E-state index in [1.165, 1.54) is 0 Å². The summed E-state index contributed by atoms with van der Waals surface area (Å²) in [5.74, 6) is 0.452. The van der Waals surface area contributed by atoms with E-state index < -0.39 is 0 Å². The van der Waals surface area contributed by atoms with Crippen molar-refractivity contribution in [3.63, 3.8) is 0 Å². The van der Waals surface area contributed by atoms with E-state index in [2.05, 4.69) is 19.2 Å². The second-order valence-electron chi connectivity index (χ2n) is 5.47. The van der Waals surface area contributed by atoms with Gasteiger partial charge in [0.2, 0.25) is 0 Å². The van der Waals surface area contributed by atoms with Crippen LogP contribution < -0.4 is 11.1 Å². The monoisotopic (exact) mass is 263 g/mol. The number of anilines is 1. The van der Waals surface area contributed by atoms with Gasteiger partial charge in [-0.15, -0.1) is 0 Å². The minimum atomic E-state index is -0.0517. The van der Waals surface area contributed by atoms with E-state index in [0.29, 0.717) is 12.5 Å². The van der Waals surface area contributed by atoms with Crippen molar-refractivity contribution in [3.8, 4) is 0 Å². The number of nitrogens with zero attached hydrogens (tertiary/aromatic N) is 1. The molecule has 1 aromatic rings. The molecule has 19 heavy (non-hydrogen) atoms. The van der Waals surface area contributed by atoms with Gasteiger partial charge >= 0.3 is 6.03 Å². The van der Waals surface area contributed by atoms with Gasteiger partial charge in [-0.3, -0.25) is 0 Å². The molecule has 4 nitrogen and oxygen atoms in total. The number of hydrogen-bond acceptors (Lipinski definition) is 2. The predicted molar refractivity (Wildman–Crippen MR) is 80.0 cm³/mol. The van der Waals surface area contributed by atoms with Gasteiger partial charge in [-0.1, -0.05) is 26.0 Å². The predicted octanol–water partition coefficient (Wildman–Crippen LogP) is 3.04. The smallest absolute Gasteiger partial charge is 0.322 e. The summed E-state index contributed by atoms with van der Waals surface area (Å²) in [5.41, 5.74) is 7.41. The zero-order valence-corrected chi connectivity index (χ0v) is 12.3. The lowest BCUT2D eigenvalue weighted by Gasteiger charge is -2.28. The first-order chi connectivity index (χ1) is 8.93. The molecule has 2 amide bonds. The molecular weight excluding hydrogens is 238 g/mol. The third-order valence-corrected chi connectivity index (χ3v) is 2.89. The van der Waals surface area contributed by atoms with Gasteiger partial charge in [0, 0.05) is 24.8 Å². The lowest BCUT2D eigenvalue weighted by Crippen LogP contribution is -2.42. The molecule has 1 rings (SSSR count). The first-order valence-corrected chi connectivity index (χ1v) is 6.80. The highest BCUT2D eigenvalue weighted by Crippen LogP contribution is 2.12. The summed E-state index contributed by atoms with van der Waals surface area (Å²) in [6, 6.07) is 7.76. The average molecular weight is 263 g/mol. The Bertz CT molecular complexity index is 398. The maximum atomic E-state index is 12.2. The Balaban J connectivity index is 2.69. The lowest BCUT2D eigenvalue weighted by atomic mass is 10.2. The van der Waals surface area contributed by atoms with Crippen LogP contribution in [0.2, 0.25) is 0 Å². The SMILES string of the molecule is CC(C)CN(C(=O)Nc1ccc(CN)cc1)C(C)C. The molecule has 0 radical (unpaired) electrons. The van der Waals surface area contributed by atoms with E-state index in [1.807, 2.05) is 43.0 Å². The highest BCUT2D eigenvalue weighted by molar-refractivity contribution is 5.89. The van der Waals surface area contributed by atoms with Crippen LogP contribution in [0.15, 0.2) is 24.3 Å². The Morgan fingerprint density at radius 1 is 1.21 bits per heavy atom. The van der Waals surface area contributed by atoms with Crippen LogP contribution >= 0.6 is 0 Å². The Hall–Kier alpha value is -1.55. The Kier molecular flexibility index (Phi) is 5.83. The van der Waals surface area contributed by atoms with E-state index in [9.17, 15) is 4.79 Å². The fraction of sp³-hybridized carbons (Fsp3) is 0.533. The minimum Gasteiger partial charge on any atom is -0.326 e. The van der Waals surface area contributed by atoms with E-state index in [-0.39, 0.29) is 12.1 Å². The summed E-state index contributed by atoms with van der Waals surface area (Å²) < 4.78 is 0. The van der Waals surface area contributed by atoms with Gasteiger partial charge in [0.05, 0.1) is 0 Å². The topological polar surface area (TPSA) is 58.4 Å². The summed E-state index contributed by atoms with van der Waals surface area (Å²) in [6.45, 7) is 9.54. The molecule has 0 atom stereocenters. The largest absolute Gasteiger partial charge is 0.326 e. The number of hydrogen-bond donors (Lipinski definition) is 2. The lowest BCUT2D eigenvalue weighted by molar-refractivity contribution is 0.188. The molecule has 0 aliphatic rings. The molecule has 0 heterocycles. The molecule has 0 spiro atoms. The molecule has 0 unspecified atom stereocenters. The first kappa shape index (κ1) is 15.5. The third kappa shape index (κ3) is 4.91. The fourth-order valence-corrected chi connectivity index (χ4v) is 1.84. The number of nitrogens with one attached hydrogen (secondary N) is 1. The number of carbonyl (C=O) groups is 1. The van der Waals surface area contributed by atoms with E-state index in [0.717, 1.165) is 17.8 Å². The normalized spacial score (nSPS) is 10.9. The second kappa shape index (κ2) is 7.14. The summed E-state index contributed by atoms with van der Waals surface area (Å²) >= 11 is 0. The highest BCUT2D eigenvalue weighted by atomic mass is 16.2. The van der Waals surface area contributed by atoms with Crippen molar-refractivity contribution in [1.29, 1.82) is 0 Å². The van der Waals surface area contributed by atoms with Crippen LogP contribution in [0, 0.1) is 5.92 Å². The van der Waals surface area contributed by atoms with Crippen LogP contribution in [-0.4, -0.2) is 23.5 Å². The zero-order chi connectivity index (χ0) is 14.4. The maximum absolute atomic E-state index is 12.2. The van der Waals surface area contributed by atoms with Crippen molar-refractivity contribution in [3.05, 3.63) is 29.8 Å². The zero-order valence-electron chi connectivity index (χ0n) is 12.3. The Labute approximate surface area is 116 Å². The Morgan fingerprint density at radius 3 is 2.21 bits per heavy atom. The third-order valence-electron chi connectivity index (χ3n) is 2.89. The van der Waals surface area contributed by atoms with Crippen molar-refractivity contribution in [2.45, 2.75) is 40.3 Å². The quantitative estimate of drug-likeness (QED) is 0.857. The number of carbonyl (C=O) groups excluding carboxylic acids is 1. The summed E-state index contributed by atoms with van der Waals surface area (Å²) in [4.78, 5) is 14.1. The number of urea groups is 1. The van der Waals surface area contributed by atoms with Gasteiger partial charge < -0.3 is 16.0 Å². The van der Waals surface area contributed by atoms with E-state index in [4.69, 9.17) is 5.73 Å². The molecule has 0 saturated carbocycles. The van der Waals surface area contributed by atoms with Gasteiger partial charge in [-0.05, 0) is 37.5 Å². The van der Waals surface area contributed by atoms with Crippen LogP contribution in [0.25, 0.3) is 0 Å². The first-order valence-electron chi connectivity index (χ1n) is 6.80. The van der Waals surface area contributed by atoms with Crippen molar-refractivity contribution < 1.29 is 4.79 Å². The molecule has 3 N–H and O–H groups in total. The minimum absolute atomic E-state index is 0.0517. The molecule has 106 valence electrons. The van der Waals surface area contributed by atoms with Gasteiger partial charge in [0.15, 0.2) is 0 Å². The van der Waals surface area contributed by atoms with Crippen LogP contribution in [-0.2, 0) is 6.54 Å². The molecule has 4 heteroatoms. The molecule has 0 bridgehead atoms. The van der Waals surface area contributed by atoms with E-state index in [1.54, 1.807) is 0 Å². The van der Waals surface area contributed by atoms with Crippen LogP contribution in [0.4, 0.5) is 10.5 Å². The number of amides is 2. The standard InChI is InChI=1S/C15H25N3O/c1-11(2)10-18(12(3)4)15(19)17-14-7-5-13(9-16)6-8-14/h5-8,11-12H,9-10,16H2,1-4H3,(H,17,19). The molecule has 0 aliphatic carbocycles. The summed E-state index contributed by atoms with van der Waals surface area (Å²) in [5, 5.41) is 2.93. The van der Waals surface area contributed by atoms with Crippen molar-refractivity contribution >= 4 is 11.7 Å². The molecule has 0 saturated heterocycles. The van der Waals surface area contributed by atoms with Crippen molar-refractivity contribution in [1.82, 2.24) is 4.90 Å². The van der Waals surface area contributed by atoms with Crippen molar-refractivity contribution in [2.75, 3.05) is 11.9 Å². The summed E-state index contributed by atoms with van der Waals surface area (Å²) in [7, 11) is 0. The molecule has 0 fully saturated rings. The molecular formula is C15H25N3O. The van der Waals surface area contributed by atoms with Crippen molar-refractivity contribution in [2.24, 2.45) is 11.7 Å². The second-order valence-corrected chi connectivity index (χ2v) is 5.47. The number of rotatable bonds is 5.